The van der Waals surface area contributed by atoms with Gasteiger partial charge in [0.25, 0.3) is 0 Å². The monoisotopic (exact) mass is 299 g/mol. The lowest BCUT2D eigenvalue weighted by Gasteiger charge is -2.28. The molecule has 0 bridgehead atoms. The second-order valence-electron chi connectivity index (χ2n) is 5.34. The van der Waals surface area contributed by atoms with Crippen LogP contribution in [0.5, 0.6) is 5.75 Å². The van der Waals surface area contributed by atoms with Gasteiger partial charge in [-0.2, -0.15) is 0 Å². The number of aromatic carboxylic acids is 1. The summed E-state index contributed by atoms with van der Waals surface area (Å²) in [4.78, 5) is 13.2. The second-order valence-corrected chi connectivity index (χ2v) is 5.34. The fourth-order valence-electron chi connectivity index (χ4n) is 2.51. The molecule has 0 aliphatic rings. The summed E-state index contributed by atoms with van der Waals surface area (Å²) < 4.78 is 0. The molecule has 0 amide bonds. The third kappa shape index (κ3) is 3.86. The lowest BCUT2D eigenvalue weighted by molar-refractivity contribution is 0.0697. The van der Waals surface area contributed by atoms with Crippen LogP contribution in [-0.4, -0.2) is 27.6 Å². The summed E-state index contributed by atoms with van der Waals surface area (Å²) in [6.45, 7) is 5.78. The summed E-state index contributed by atoms with van der Waals surface area (Å²) in [5.41, 5.74) is 2.43. The number of carboxylic acids is 1. The van der Waals surface area contributed by atoms with Crippen molar-refractivity contribution in [2.45, 2.75) is 26.4 Å². The average Bonchev–Trinajstić information content (AvgIpc) is 2.52. The fourth-order valence-corrected chi connectivity index (χ4v) is 2.51. The fraction of sp³-hybridized carbons (Fsp3) is 0.278. The molecule has 4 heteroatoms. The van der Waals surface area contributed by atoms with Crippen molar-refractivity contribution < 1.29 is 15.0 Å². The Labute approximate surface area is 130 Å². The number of phenols is 1. The zero-order valence-corrected chi connectivity index (χ0v) is 12.9. The molecule has 2 aromatic carbocycles. The van der Waals surface area contributed by atoms with Crippen LogP contribution in [0.25, 0.3) is 0 Å². The number of aromatic hydroxyl groups is 1. The Kier molecular flexibility index (Phi) is 5.17. The minimum atomic E-state index is -0.910. The number of benzene rings is 2. The van der Waals surface area contributed by atoms with E-state index in [1.165, 1.54) is 0 Å². The Bertz CT molecular complexity index is 637. The van der Waals surface area contributed by atoms with E-state index in [4.69, 9.17) is 5.11 Å². The van der Waals surface area contributed by atoms with Gasteiger partial charge in [0.15, 0.2) is 0 Å². The summed E-state index contributed by atoms with van der Waals surface area (Å²) >= 11 is 0. The maximum Gasteiger partial charge on any atom is 0.335 e. The Hall–Kier alpha value is -2.33. The second kappa shape index (κ2) is 7.09. The van der Waals surface area contributed by atoms with Gasteiger partial charge in [0.05, 0.1) is 5.56 Å². The quantitative estimate of drug-likeness (QED) is 0.854. The van der Waals surface area contributed by atoms with E-state index in [1.807, 2.05) is 24.3 Å². The summed E-state index contributed by atoms with van der Waals surface area (Å²) in [5.74, 6) is -0.641. The standard InChI is InChI=1S/C18H21NO3/c1-3-19(13(2)16-5-4-6-17(20)11-16)12-14-7-9-15(10-8-14)18(21)22/h4-11,13,20H,3,12H2,1-2H3,(H,21,22). The Morgan fingerprint density at radius 3 is 2.41 bits per heavy atom. The summed E-state index contributed by atoms with van der Waals surface area (Å²) in [6, 6.07) is 14.4. The zero-order chi connectivity index (χ0) is 16.1. The number of hydrogen-bond acceptors (Lipinski definition) is 3. The molecule has 1 unspecified atom stereocenters. The third-order valence-corrected chi connectivity index (χ3v) is 3.89. The van der Waals surface area contributed by atoms with Crippen molar-refractivity contribution in [1.29, 1.82) is 0 Å². The number of nitrogens with zero attached hydrogens (tertiary/aromatic N) is 1. The highest BCUT2D eigenvalue weighted by molar-refractivity contribution is 5.87. The van der Waals surface area contributed by atoms with Crippen LogP contribution in [0, 0.1) is 0 Å². The van der Waals surface area contributed by atoms with E-state index in [9.17, 15) is 9.90 Å². The SMILES string of the molecule is CCN(Cc1ccc(C(=O)O)cc1)C(C)c1cccc(O)c1. The van der Waals surface area contributed by atoms with E-state index >= 15 is 0 Å². The van der Waals surface area contributed by atoms with Crippen molar-refractivity contribution in [2.24, 2.45) is 0 Å². The van der Waals surface area contributed by atoms with Crippen LogP contribution >= 0.6 is 0 Å². The summed E-state index contributed by atoms with van der Waals surface area (Å²) in [7, 11) is 0. The van der Waals surface area contributed by atoms with Crippen molar-refractivity contribution in [1.82, 2.24) is 4.90 Å². The molecule has 0 spiro atoms. The first-order valence-corrected chi connectivity index (χ1v) is 7.36. The van der Waals surface area contributed by atoms with E-state index < -0.39 is 5.97 Å². The molecule has 2 N–H and O–H groups in total. The molecule has 0 saturated carbocycles. The maximum atomic E-state index is 10.9. The largest absolute Gasteiger partial charge is 0.508 e. The smallest absolute Gasteiger partial charge is 0.335 e. The molecular formula is C18H21NO3. The molecule has 0 fully saturated rings. The topological polar surface area (TPSA) is 60.8 Å². The van der Waals surface area contributed by atoms with Gasteiger partial charge in [0, 0.05) is 12.6 Å². The first kappa shape index (κ1) is 16.0. The molecule has 0 aliphatic carbocycles. The van der Waals surface area contributed by atoms with Crippen LogP contribution in [0.3, 0.4) is 0 Å². The van der Waals surface area contributed by atoms with Gasteiger partial charge < -0.3 is 10.2 Å². The van der Waals surface area contributed by atoms with Crippen LogP contribution in [0.1, 0.15) is 41.4 Å². The molecule has 2 aromatic rings. The van der Waals surface area contributed by atoms with Crippen LogP contribution in [0.15, 0.2) is 48.5 Å². The number of hydrogen-bond donors (Lipinski definition) is 2. The van der Waals surface area contributed by atoms with Crippen LogP contribution in [-0.2, 0) is 6.54 Å². The van der Waals surface area contributed by atoms with Crippen molar-refractivity contribution in [3.8, 4) is 5.75 Å². The molecular weight excluding hydrogens is 278 g/mol. The van der Waals surface area contributed by atoms with E-state index in [1.54, 1.807) is 24.3 Å². The van der Waals surface area contributed by atoms with Gasteiger partial charge in [0.1, 0.15) is 5.75 Å². The zero-order valence-electron chi connectivity index (χ0n) is 12.9. The first-order valence-electron chi connectivity index (χ1n) is 7.36. The third-order valence-electron chi connectivity index (χ3n) is 3.89. The maximum absolute atomic E-state index is 10.9. The van der Waals surface area contributed by atoms with Crippen LogP contribution in [0.2, 0.25) is 0 Å². The molecule has 0 radical (unpaired) electrons. The number of rotatable bonds is 6. The lowest BCUT2D eigenvalue weighted by atomic mass is 10.0. The van der Waals surface area contributed by atoms with Gasteiger partial charge in [-0.15, -0.1) is 0 Å². The molecule has 0 saturated heterocycles. The number of carboxylic acid groups (broad SMARTS) is 1. The summed E-state index contributed by atoms with van der Waals surface area (Å²) in [5, 5.41) is 18.5. The molecule has 0 aliphatic heterocycles. The van der Waals surface area contributed by atoms with Crippen molar-refractivity contribution >= 4 is 5.97 Å². The van der Waals surface area contributed by atoms with Crippen LogP contribution < -0.4 is 0 Å². The van der Waals surface area contributed by atoms with Gasteiger partial charge in [-0.25, -0.2) is 4.79 Å². The Morgan fingerprint density at radius 1 is 1.18 bits per heavy atom. The highest BCUT2D eigenvalue weighted by Gasteiger charge is 2.15. The van der Waals surface area contributed by atoms with Gasteiger partial charge in [0.2, 0.25) is 0 Å². The predicted molar refractivity (Wildman–Crippen MR) is 86.0 cm³/mol. The molecule has 4 nitrogen and oxygen atoms in total. The normalized spacial score (nSPS) is 12.3. The van der Waals surface area contributed by atoms with E-state index in [2.05, 4.69) is 18.7 Å². The molecule has 2 rings (SSSR count). The van der Waals surface area contributed by atoms with Gasteiger partial charge in [-0.1, -0.05) is 31.2 Å². The van der Waals surface area contributed by atoms with E-state index in [-0.39, 0.29) is 11.8 Å². The molecule has 116 valence electrons. The lowest BCUT2D eigenvalue weighted by Crippen LogP contribution is -2.26. The molecule has 0 heterocycles. The first-order chi connectivity index (χ1) is 10.5. The molecule has 22 heavy (non-hydrogen) atoms. The van der Waals surface area contributed by atoms with Crippen LogP contribution in [0.4, 0.5) is 0 Å². The highest BCUT2D eigenvalue weighted by atomic mass is 16.4. The van der Waals surface area contributed by atoms with E-state index in [0.717, 1.165) is 24.2 Å². The predicted octanol–water partition coefficient (Wildman–Crippen LogP) is 3.67. The molecule has 1 atom stereocenters. The van der Waals surface area contributed by atoms with E-state index in [0.29, 0.717) is 5.56 Å². The summed E-state index contributed by atoms with van der Waals surface area (Å²) in [6.07, 6.45) is 0. The van der Waals surface area contributed by atoms with Crippen molar-refractivity contribution in [2.75, 3.05) is 6.54 Å². The average molecular weight is 299 g/mol. The van der Waals surface area contributed by atoms with Crippen molar-refractivity contribution in [3.63, 3.8) is 0 Å². The Morgan fingerprint density at radius 2 is 1.86 bits per heavy atom. The Balaban J connectivity index is 2.12. The van der Waals surface area contributed by atoms with Gasteiger partial charge in [-0.05, 0) is 48.9 Å². The van der Waals surface area contributed by atoms with Crippen molar-refractivity contribution in [3.05, 3.63) is 65.2 Å². The number of phenolic OH excluding ortho intramolecular Hbond substituents is 1. The van der Waals surface area contributed by atoms with Gasteiger partial charge >= 0.3 is 5.97 Å². The number of carbonyl (C=O) groups is 1. The minimum absolute atomic E-state index is 0.163. The minimum Gasteiger partial charge on any atom is -0.508 e. The van der Waals surface area contributed by atoms with Gasteiger partial charge in [-0.3, -0.25) is 4.90 Å². The highest BCUT2D eigenvalue weighted by Crippen LogP contribution is 2.24. The molecule has 0 aromatic heterocycles.